The largest absolute Gasteiger partial charge is 0.456 e. The summed E-state index contributed by atoms with van der Waals surface area (Å²) in [6.07, 6.45) is 0. The van der Waals surface area contributed by atoms with Gasteiger partial charge in [0.2, 0.25) is 0 Å². The first-order valence-corrected chi connectivity index (χ1v) is 18.7. The molecule has 0 atom stereocenters. The van der Waals surface area contributed by atoms with Crippen LogP contribution in [0.15, 0.2) is 209 Å². The van der Waals surface area contributed by atoms with Crippen molar-refractivity contribution >= 4 is 71.7 Å². The van der Waals surface area contributed by atoms with Crippen LogP contribution in [0.5, 0.6) is 0 Å². The van der Waals surface area contributed by atoms with Crippen LogP contribution in [0.2, 0.25) is 0 Å². The predicted octanol–water partition coefficient (Wildman–Crippen LogP) is 15.1. The SMILES string of the molecule is c1ccc(-c2ccc(N(c3ccc(-c4ccc5c(c4)oc4ccccc45)cc3)c3ccccc3-c3ccc4cc5oc6ccccc6c5cc4c3)cc2)cc1. The molecule has 0 aliphatic heterocycles. The lowest BCUT2D eigenvalue weighted by atomic mass is 9.97. The third-order valence-corrected chi connectivity index (χ3v) is 10.9. The van der Waals surface area contributed by atoms with Gasteiger partial charge in [0.15, 0.2) is 0 Å². The Balaban J connectivity index is 1.03. The van der Waals surface area contributed by atoms with E-state index in [4.69, 9.17) is 8.83 Å². The zero-order valence-corrected chi connectivity index (χ0v) is 29.8. The Kier molecular flexibility index (Phi) is 7.17. The van der Waals surface area contributed by atoms with E-state index in [0.717, 1.165) is 88.6 Å². The van der Waals surface area contributed by atoms with Crippen molar-refractivity contribution < 1.29 is 8.83 Å². The van der Waals surface area contributed by atoms with Crippen LogP contribution >= 0.6 is 0 Å². The lowest BCUT2D eigenvalue weighted by Gasteiger charge is -2.28. The van der Waals surface area contributed by atoms with E-state index in [-0.39, 0.29) is 0 Å². The fourth-order valence-corrected chi connectivity index (χ4v) is 8.12. The lowest BCUT2D eigenvalue weighted by Crippen LogP contribution is -2.11. The maximum Gasteiger partial charge on any atom is 0.136 e. The van der Waals surface area contributed by atoms with E-state index in [2.05, 4.69) is 181 Å². The van der Waals surface area contributed by atoms with Gasteiger partial charge in [0.25, 0.3) is 0 Å². The summed E-state index contributed by atoms with van der Waals surface area (Å²) in [5.74, 6) is 0. The number of nitrogens with zero attached hydrogens (tertiary/aromatic N) is 1. The molecule has 0 unspecified atom stereocenters. The minimum Gasteiger partial charge on any atom is -0.456 e. The molecular weight excluding hydrogens is 671 g/mol. The molecule has 0 N–H and O–H groups in total. The molecule has 2 aromatic heterocycles. The minimum absolute atomic E-state index is 0.897. The summed E-state index contributed by atoms with van der Waals surface area (Å²) in [6, 6.07) is 71.2. The highest BCUT2D eigenvalue weighted by atomic mass is 16.3. The zero-order chi connectivity index (χ0) is 36.3. The second-order valence-corrected chi connectivity index (χ2v) is 14.1. The van der Waals surface area contributed by atoms with Gasteiger partial charge in [0.1, 0.15) is 22.3 Å². The maximum atomic E-state index is 6.24. The van der Waals surface area contributed by atoms with Gasteiger partial charge in [-0.15, -0.1) is 0 Å². The normalized spacial score (nSPS) is 11.6. The standard InChI is InChI=1S/C52H33NO2/c1-2-10-34(11-3-1)35-20-25-41(26-21-35)53(42-27-22-36(23-28-42)37-24-29-46-44-13-5-8-16-49(44)54-51(46)32-37)48-15-7-4-12-43(48)39-19-18-38-33-52-47(31-40(38)30-39)45-14-6-9-17-50(45)55-52/h1-33H. The van der Waals surface area contributed by atoms with E-state index < -0.39 is 0 Å². The molecule has 0 bridgehead atoms. The molecule has 0 fully saturated rings. The van der Waals surface area contributed by atoms with Crippen LogP contribution in [0.25, 0.3) is 88.0 Å². The summed E-state index contributed by atoms with van der Waals surface area (Å²) >= 11 is 0. The van der Waals surface area contributed by atoms with Crippen LogP contribution in [0.1, 0.15) is 0 Å². The van der Waals surface area contributed by atoms with Gasteiger partial charge in [-0.1, -0.05) is 127 Å². The number of hydrogen-bond acceptors (Lipinski definition) is 3. The van der Waals surface area contributed by atoms with Gasteiger partial charge in [0, 0.05) is 38.5 Å². The van der Waals surface area contributed by atoms with Crippen molar-refractivity contribution in [2.45, 2.75) is 0 Å². The van der Waals surface area contributed by atoms with Crippen LogP contribution in [0.4, 0.5) is 17.1 Å². The van der Waals surface area contributed by atoms with Crippen molar-refractivity contribution in [3.05, 3.63) is 200 Å². The van der Waals surface area contributed by atoms with Crippen molar-refractivity contribution in [1.29, 1.82) is 0 Å². The quantitative estimate of drug-likeness (QED) is 0.173. The number of fused-ring (bicyclic) bond motifs is 7. The molecular formula is C52H33NO2. The minimum atomic E-state index is 0.897. The van der Waals surface area contributed by atoms with Crippen LogP contribution in [-0.2, 0) is 0 Å². The first-order chi connectivity index (χ1) is 27.2. The fourth-order valence-electron chi connectivity index (χ4n) is 8.12. The summed E-state index contributed by atoms with van der Waals surface area (Å²) in [4.78, 5) is 2.37. The van der Waals surface area contributed by atoms with Gasteiger partial charge in [0.05, 0.1) is 5.69 Å². The van der Waals surface area contributed by atoms with Crippen molar-refractivity contribution in [1.82, 2.24) is 0 Å². The van der Waals surface area contributed by atoms with Gasteiger partial charge in [-0.25, -0.2) is 0 Å². The lowest BCUT2D eigenvalue weighted by molar-refractivity contribution is 0.669. The Labute approximate surface area is 317 Å². The molecule has 0 spiro atoms. The van der Waals surface area contributed by atoms with Crippen molar-refractivity contribution in [3.63, 3.8) is 0 Å². The van der Waals surface area contributed by atoms with Gasteiger partial charge >= 0.3 is 0 Å². The van der Waals surface area contributed by atoms with E-state index in [1.54, 1.807) is 0 Å². The molecule has 0 radical (unpaired) electrons. The number of hydrogen-bond donors (Lipinski definition) is 0. The Morgan fingerprint density at radius 1 is 0.291 bits per heavy atom. The first kappa shape index (κ1) is 31.2. The number of anilines is 3. The predicted molar refractivity (Wildman–Crippen MR) is 229 cm³/mol. The summed E-state index contributed by atoms with van der Waals surface area (Å²) in [5.41, 5.74) is 13.8. The van der Waals surface area contributed by atoms with E-state index in [1.807, 2.05) is 24.3 Å². The number of benzene rings is 9. The zero-order valence-electron chi connectivity index (χ0n) is 29.8. The molecule has 2 heterocycles. The summed E-state index contributed by atoms with van der Waals surface area (Å²) < 4.78 is 12.5. The number of para-hydroxylation sites is 3. The molecule has 11 aromatic rings. The Morgan fingerprint density at radius 3 is 1.55 bits per heavy atom. The average molecular weight is 704 g/mol. The average Bonchev–Trinajstić information content (AvgIpc) is 3.81. The third-order valence-electron chi connectivity index (χ3n) is 10.9. The molecule has 11 rings (SSSR count). The Morgan fingerprint density at radius 2 is 0.818 bits per heavy atom. The Bertz CT molecular complexity index is 3190. The molecule has 0 aliphatic rings. The van der Waals surface area contributed by atoms with E-state index in [0.29, 0.717) is 0 Å². The second-order valence-electron chi connectivity index (χ2n) is 14.1. The van der Waals surface area contributed by atoms with Crippen molar-refractivity contribution in [2.75, 3.05) is 4.90 Å². The van der Waals surface area contributed by atoms with Gasteiger partial charge < -0.3 is 13.7 Å². The van der Waals surface area contributed by atoms with Crippen LogP contribution in [0, 0.1) is 0 Å². The highest BCUT2D eigenvalue weighted by molar-refractivity contribution is 6.11. The molecule has 0 saturated heterocycles. The number of furan rings is 2. The number of rotatable bonds is 6. The third kappa shape index (κ3) is 5.36. The molecule has 3 nitrogen and oxygen atoms in total. The highest BCUT2D eigenvalue weighted by Crippen LogP contribution is 2.43. The van der Waals surface area contributed by atoms with Crippen LogP contribution in [-0.4, -0.2) is 0 Å². The van der Waals surface area contributed by atoms with E-state index in [9.17, 15) is 0 Å². The van der Waals surface area contributed by atoms with Crippen LogP contribution < -0.4 is 4.90 Å². The van der Waals surface area contributed by atoms with Crippen molar-refractivity contribution in [2.24, 2.45) is 0 Å². The second kappa shape index (κ2) is 12.6. The smallest absolute Gasteiger partial charge is 0.136 e. The Hall–Kier alpha value is -7.36. The molecule has 3 heteroatoms. The molecule has 9 aromatic carbocycles. The molecule has 258 valence electrons. The molecule has 0 amide bonds. The van der Waals surface area contributed by atoms with Gasteiger partial charge in [-0.3, -0.25) is 0 Å². The topological polar surface area (TPSA) is 29.5 Å². The van der Waals surface area contributed by atoms with Crippen LogP contribution in [0.3, 0.4) is 0 Å². The molecule has 55 heavy (non-hydrogen) atoms. The fraction of sp³-hybridized carbons (Fsp3) is 0. The van der Waals surface area contributed by atoms with Crippen molar-refractivity contribution in [3.8, 4) is 33.4 Å². The van der Waals surface area contributed by atoms with E-state index in [1.165, 1.54) is 16.5 Å². The first-order valence-electron chi connectivity index (χ1n) is 18.7. The summed E-state index contributed by atoms with van der Waals surface area (Å²) in [6.45, 7) is 0. The summed E-state index contributed by atoms with van der Waals surface area (Å²) in [5, 5.41) is 6.87. The van der Waals surface area contributed by atoms with E-state index >= 15 is 0 Å². The monoisotopic (exact) mass is 703 g/mol. The van der Waals surface area contributed by atoms with Gasteiger partial charge in [-0.05, 0) is 111 Å². The molecule has 0 saturated carbocycles. The highest BCUT2D eigenvalue weighted by Gasteiger charge is 2.19. The molecule has 0 aliphatic carbocycles. The van der Waals surface area contributed by atoms with Gasteiger partial charge in [-0.2, -0.15) is 0 Å². The maximum absolute atomic E-state index is 6.24. The summed E-state index contributed by atoms with van der Waals surface area (Å²) in [7, 11) is 0.